The molecule has 1 N–H and O–H groups in total. The zero-order valence-corrected chi connectivity index (χ0v) is 13.5. The number of pyridine rings is 1. The molecule has 2 aromatic rings. The van der Waals surface area contributed by atoms with Crippen LogP contribution in [0.25, 0.3) is 0 Å². The highest BCUT2D eigenvalue weighted by Gasteiger charge is 2.11. The van der Waals surface area contributed by atoms with Crippen LogP contribution in [0.5, 0.6) is 11.5 Å². The van der Waals surface area contributed by atoms with Gasteiger partial charge in [-0.1, -0.05) is 18.2 Å². The van der Waals surface area contributed by atoms with E-state index in [0.29, 0.717) is 0 Å². The predicted molar refractivity (Wildman–Crippen MR) is 88.4 cm³/mol. The van der Waals surface area contributed by atoms with Crippen molar-refractivity contribution in [3.05, 3.63) is 53.9 Å². The summed E-state index contributed by atoms with van der Waals surface area (Å²) in [6, 6.07) is 12.0. The summed E-state index contributed by atoms with van der Waals surface area (Å²) in [6.45, 7) is 5.65. The smallest absolute Gasteiger partial charge is 0.166 e. The molecule has 0 radical (unpaired) electrons. The maximum Gasteiger partial charge on any atom is 0.166 e. The molecule has 0 aliphatic carbocycles. The lowest BCUT2D eigenvalue weighted by Gasteiger charge is -2.17. The van der Waals surface area contributed by atoms with Crippen LogP contribution >= 0.6 is 0 Å². The molecule has 0 unspecified atom stereocenters. The normalized spacial score (nSPS) is 10.7. The van der Waals surface area contributed by atoms with Gasteiger partial charge in [-0.3, -0.25) is 4.98 Å². The van der Waals surface area contributed by atoms with Gasteiger partial charge in [0.25, 0.3) is 0 Å². The van der Waals surface area contributed by atoms with Gasteiger partial charge in [-0.25, -0.2) is 0 Å². The lowest BCUT2D eigenvalue weighted by atomic mass is 10.1. The molecule has 2 rings (SSSR count). The Bertz CT molecular complexity index is 571. The molecule has 4 nitrogen and oxygen atoms in total. The topological polar surface area (TPSA) is 43.4 Å². The zero-order chi connectivity index (χ0) is 15.8. The van der Waals surface area contributed by atoms with Gasteiger partial charge in [0.15, 0.2) is 11.5 Å². The number of methoxy groups -OCH3 is 1. The molecule has 0 fully saturated rings. The van der Waals surface area contributed by atoms with Crippen molar-refractivity contribution in [3.63, 3.8) is 0 Å². The molecule has 0 spiro atoms. The molecule has 22 heavy (non-hydrogen) atoms. The second kappa shape index (κ2) is 8.39. The molecule has 1 aromatic carbocycles. The molecule has 0 saturated carbocycles. The molecule has 1 heterocycles. The standard InChI is InChI=1S/C18H24N2O2/c1-14(2)22-18-15(7-6-9-17(18)21-3)13-19-12-10-16-8-4-5-11-20-16/h4-9,11,14,19H,10,12-13H2,1-3H3. The van der Waals surface area contributed by atoms with E-state index in [0.717, 1.165) is 42.3 Å². The lowest BCUT2D eigenvalue weighted by molar-refractivity contribution is 0.227. The van der Waals surface area contributed by atoms with Gasteiger partial charge >= 0.3 is 0 Å². The fraction of sp³-hybridized carbons (Fsp3) is 0.389. The van der Waals surface area contributed by atoms with Gasteiger partial charge in [0.05, 0.1) is 13.2 Å². The van der Waals surface area contributed by atoms with Crippen molar-refractivity contribution in [2.45, 2.75) is 32.9 Å². The van der Waals surface area contributed by atoms with Gasteiger partial charge < -0.3 is 14.8 Å². The van der Waals surface area contributed by atoms with Crippen LogP contribution in [-0.2, 0) is 13.0 Å². The number of nitrogens with one attached hydrogen (secondary N) is 1. The van der Waals surface area contributed by atoms with Gasteiger partial charge in [0.2, 0.25) is 0 Å². The van der Waals surface area contributed by atoms with E-state index in [4.69, 9.17) is 9.47 Å². The van der Waals surface area contributed by atoms with E-state index in [1.807, 2.05) is 50.4 Å². The summed E-state index contributed by atoms with van der Waals surface area (Å²) in [5.41, 5.74) is 2.20. The highest BCUT2D eigenvalue weighted by Crippen LogP contribution is 2.31. The fourth-order valence-corrected chi connectivity index (χ4v) is 2.22. The van der Waals surface area contributed by atoms with Crippen molar-refractivity contribution >= 4 is 0 Å². The van der Waals surface area contributed by atoms with Crippen LogP contribution in [-0.4, -0.2) is 24.7 Å². The highest BCUT2D eigenvalue weighted by molar-refractivity contribution is 5.46. The van der Waals surface area contributed by atoms with Crippen LogP contribution in [0.15, 0.2) is 42.6 Å². The van der Waals surface area contributed by atoms with Gasteiger partial charge in [-0.05, 0) is 32.0 Å². The zero-order valence-electron chi connectivity index (χ0n) is 13.5. The monoisotopic (exact) mass is 300 g/mol. The maximum atomic E-state index is 5.91. The van der Waals surface area contributed by atoms with Gasteiger partial charge in [0.1, 0.15) is 0 Å². The molecular weight excluding hydrogens is 276 g/mol. The van der Waals surface area contributed by atoms with Crippen LogP contribution in [0.2, 0.25) is 0 Å². The Morgan fingerprint density at radius 2 is 2.00 bits per heavy atom. The lowest BCUT2D eigenvalue weighted by Crippen LogP contribution is -2.18. The first-order valence-electron chi connectivity index (χ1n) is 7.64. The molecule has 0 bridgehead atoms. The van der Waals surface area contributed by atoms with Crippen molar-refractivity contribution in [1.29, 1.82) is 0 Å². The molecule has 118 valence electrons. The third kappa shape index (κ3) is 4.74. The maximum absolute atomic E-state index is 5.91. The molecule has 0 amide bonds. The minimum absolute atomic E-state index is 0.114. The van der Waals surface area contributed by atoms with Crippen molar-refractivity contribution < 1.29 is 9.47 Å². The summed E-state index contributed by atoms with van der Waals surface area (Å²) in [6.07, 6.45) is 2.85. The van der Waals surface area contributed by atoms with Crippen molar-refractivity contribution in [2.75, 3.05) is 13.7 Å². The Balaban J connectivity index is 1.94. The molecule has 0 aliphatic rings. The molecule has 0 aliphatic heterocycles. The molecule has 1 aromatic heterocycles. The number of hydrogen-bond acceptors (Lipinski definition) is 4. The van der Waals surface area contributed by atoms with E-state index in [2.05, 4.69) is 16.4 Å². The Kier molecular flexibility index (Phi) is 6.22. The summed E-state index contributed by atoms with van der Waals surface area (Å²) >= 11 is 0. The fourth-order valence-electron chi connectivity index (χ4n) is 2.22. The van der Waals surface area contributed by atoms with E-state index < -0.39 is 0 Å². The van der Waals surface area contributed by atoms with Crippen LogP contribution in [0.3, 0.4) is 0 Å². The van der Waals surface area contributed by atoms with Crippen molar-refractivity contribution in [1.82, 2.24) is 10.3 Å². The number of ether oxygens (including phenoxy) is 2. The summed E-state index contributed by atoms with van der Waals surface area (Å²) < 4.78 is 11.3. The number of nitrogens with zero attached hydrogens (tertiary/aromatic N) is 1. The largest absolute Gasteiger partial charge is 0.493 e. The van der Waals surface area contributed by atoms with E-state index in [-0.39, 0.29) is 6.10 Å². The minimum Gasteiger partial charge on any atom is -0.493 e. The Morgan fingerprint density at radius 1 is 1.14 bits per heavy atom. The number of hydrogen-bond donors (Lipinski definition) is 1. The second-order valence-corrected chi connectivity index (χ2v) is 5.36. The summed E-state index contributed by atoms with van der Waals surface area (Å²) in [7, 11) is 1.67. The van der Waals surface area contributed by atoms with E-state index in [1.54, 1.807) is 7.11 Å². The number of rotatable bonds is 8. The first-order chi connectivity index (χ1) is 10.7. The van der Waals surface area contributed by atoms with E-state index in [1.165, 1.54) is 0 Å². The number of para-hydroxylation sites is 1. The molecule has 0 atom stereocenters. The summed E-state index contributed by atoms with van der Waals surface area (Å²) in [4.78, 5) is 4.32. The first-order valence-corrected chi connectivity index (χ1v) is 7.64. The van der Waals surface area contributed by atoms with Crippen molar-refractivity contribution in [2.24, 2.45) is 0 Å². The Morgan fingerprint density at radius 3 is 2.68 bits per heavy atom. The summed E-state index contributed by atoms with van der Waals surface area (Å²) in [5.74, 6) is 1.60. The third-order valence-corrected chi connectivity index (χ3v) is 3.23. The first kappa shape index (κ1) is 16.3. The Hall–Kier alpha value is -2.07. The van der Waals surface area contributed by atoms with Gasteiger partial charge in [-0.2, -0.15) is 0 Å². The highest BCUT2D eigenvalue weighted by atomic mass is 16.5. The van der Waals surface area contributed by atoms with E-state index >= 15 is 0 Å². The predicted octanol–water partition coefficient (Wildman–Crippen LogP) is 3.21. The third-order valence-electron chi connectivity index (χ3n) is 3.23. The number of aromatic nitrogens is 1. The average molecular weight is 300 g/mol. The van der Waals surface area contributed by atoms with Crippen LogP contribution in [0.1, 0.15) is 25.1 Å². The molecule has 0 saturated heterocycles. The second-order valence-electron chi connectivity index (χ2n) is 5.36. The molecular formula is C18H24N2O2. The average Bonchev–Trinajstić information content (AvgIpc) is 2.53. The Labute approximate surface area is 132 Å². The quantitative estimate of drug-likeness (QED) is 0.760. The number of benzene rings is 1. The van der Waals surface area contributed by atoms with Crippen molar-refractivity contribution in [3.8, 4) is 11.5 Å². The van der Waals surface area contributed by atoms with Crippen LogP contribution < -0.4 is 14.8 Å². The summed E-state index contributed by atoms with van der Waals surface area (Å²) in [5, 5.41) is 3.44. The minimum atomic E-state index is 0.114. The SMILES string of the molecule is COc1cccc(CNCCc2ccccn2)c1OC(C)C. The van der Waals surface area contributed by atoms with Gasteiger partial charge in [-0.15, -0.1) is 0 Å². The van der Waals surface area contributed by atoms with E-state index in [9.17, 15) is 0 Å². The van der Waals surface area contributed by atoms with Gasteiger partial charge in [0, 0.05) is 37.0 Å². The van der Waals surface area contributed by atoms with Crippen LogP contribution in [0, 0.1) is 0 Å². The van der Waals surface area contributed by atoms with Crippen LogP contribution in [0.4, 0.5) is 0 Å². The molecule has 4 heteroatoms.